The summed E-state index contributed by atoms with van der Waals surface area (Å²) in [5.41, 5.74) is 0. The summed E-state index contributed by atoms with van der Waals surface area (Å²) in [5, 5.41) is 0. The van der Waals surface area contributed by atoms with Crippen LogP contribution in [0.3, 0.4) is 0 Å². The highest BCUT2D eigenvalue weighted by molar-refractivity contribution is 5.54. The monoisotopic (exact) mass is 101 g/mol. The molecule has 0 fully saturated rings. The van der Waals surface area contributed by atoms with Gasteiger partial charge in [0.1, 0.15) is 6.29 Å². The molecule has 7 heavy (non-hydrogen) atoms. The van der Waals surface area contributed by atoms with Crippen LogP contribution in [0.15, 0.2) is 0 Å². The Kier molecular flexibility index (Phi) is 3.61. The number of rotatable bonds is 3. The standard InChI is InChI=1S/C5H9O2/c1-5(3-6)4-7-2/h3-5H,1-2H3. The molecule has 2 nitrogen and oxygen atoms in total. The second kappa shape index (κ2) is 3.81. The highest BCUT2D eigenvalue weighted by atomic mass is 16.5. The minimum absolute atomic E-state index is 0.0787. The first-order chi connectivity index (χ1) is 3.31. The van der Waals surface area contributed by atoms with Crippen molar-refractivity contribution in [3.8, 4) is 0 Å². The third kappa shape index (κ3) is 3.46. The van der Waals surface area contributed by atoms with Gasteiger partial charge in [0.15, 0.2) is 0 Å². The quantitative estimate of drug-likeness (QED) is 0.487. The fourth-order valence-electron chi connectivity index (χ4n) is 0.247. The first-order valence-corrected chi connectivity index (χ1v) is 2.12. The van der Waals surface area contributed by atoms with Gasteiger partial charge in [0.25, 0.3) is 0 Å². The average Bonchev–Trinajstić information content (AvgIpc) is 1.68. The second-order valence-corrected chi connectivity index (χ2v) is 1.37. The molecule has 0 saturated heterocycles. The van der Waals surface area contributed by atoms with E-state index in [1.165, 1.54) is 13.7 Å². The summed E-state index contributed by atoms with van der Waals surface area (Å²) in [6.45, 7) is 3.24. The predicted molar refractivity (Wildman–Crippen MR) is 26.5 cm³/mol. The van der Waals surface area contributed by atoms with Crippen molar-refractivity contribution in [1.82, 2.24) is 0 Å². The van der Waals surface area contributed by atoms with Crippen molar-refractivity contribution in [3.05, 3.63) is 6.61 Å². The normalized spacial score (nSPS) is 13.4. The van der Waals surface area contributed by atoms with Gasteiger partial charge in [-0.2, -0.15) is 0 Å². The van der Waals surface area contributed by atoms with Crippen LogP contribution in [0.2, 0.25) is 0 Å². The van der Waals surface area contributed by atoms with E-state index in [-0.39, 0.29) is 5.92 Å². The number of methoxy groups -OCH3 is 1. The van der Waals surface area contributed by atoms with Crippen molar-refractivity contribution < 1.29 is 9.53 Å². The summed E-state index contributed by atoms with van der Waals surface area (Å²) in [6, 6.07) is 0. The fraction of sp³-hybridized carbons (Fsp3) is 0.600. The predicted octanol–water partition coefficient (Wildman–Crippen LogP) is 0.630. The fourth-order valence-corrected chi connectivity index (χ4v) is 0.247. The zero-order valence-corrected chi connectivity index (χ0v) is 4.55. The van der Waals surface area contributed by atoms with E-state index in [0.717, 1.165) is 6.29 Å². The summed E-state index contributed by atoms with van der Waals surface area (Å²) < 4.78 is 4.54. The van der Waals surface area contributed by atoms with Crippen LogP contribution < -0.4 is 0 Å². The van der Waals surface area contributed by atoms with Gasteiger partial charge in [0.2, 0.25) is 0 Å². The number of carbonyl (C=O) groups is 1. The number of carbonyl (C=O) groups excluding carboxylic acids is 1. The molecule has 2 heteroatoms. The van der Waals surface area contributed by atoms with Gasteiger partial charge >= 0.3 is 0 Å². The largest absolute Gasteiger partial charge is 0.378 e. The maximum absolute atomic E-state index is 9.78. The zero-order valence-electron chi connectivity index (χ0n) is 4.55. The lowest BCUT2D eigenvalue weighted by atomic mass is 10.2. The van der Waals surface area contributed by atoms with Crippen LogP contribution in [0.1, 0.15) is 6.92 Å². The Hall–Kier alpha value is -0.370. The Bertz CT molecular complexity index is 52.0. The van der Waals surface area contributed by atoms with E-state index in [4.69, 9.17) is 0 Å². The van der Waals surface area contributed by atoms with Crippen molar-refractivity contribution in [1.29, 1.82) is 0 Å². The number of hydrogen-bond donors (Lipinski definition) is 0. The molecule has 0 saturated carbocycles. The molecule has 1 radical (unpaired) electrons. The van der Waals surface area contributed by atoms with Crippen LogP contribution in [-0.4, -0.2) is 13.4 Å². The van der Waals surface area contributed by atoms with E-state index in [2.05, 4.69) is 4.74 Å². The van der Waals surface area contributed by atoms with Crippen molar-refractivity contribution >= 4 is 6.29 Å². The molecule has 41 valence electrons. The number of aldehydes is 1. The highest BCUT2D eigenvalue weighted by Gasteiger charge is 1.95. The van der Waals surface area contributed by atoms with Crippen molar-refractivity contribution in [2.24, 2.45) is 5.92 Å². The first kappa shape index (κ1) is 6.63. The van der Waals surface area contributed by atoms with E-state index in [1.54, 1.807) is 6.92 Å². The molecule has 0 aromatic rings. The van der Waals surface area contributed by atoms with Crippen LogP contribution in [0.25, 0.3) is 0 Å². The molecule has 0 aromatic carbocycles. The molecule has 0 rings (SSSR count). The van der Waals surface area contributed by atoms with Crippen LogP contribution in [0.4, 0.5) is 0 Å². The minimum Gasteiger partial charge on any atom is -0.378 e. The summed E-state index contributed by atoms with van der Waals surface area (Å²) in [7, 11) is 1.53. The molecule has 0 heterocycles. The third-order valence-corrected chi connectivity index (χ3v) is 0.565. The second-order valence-electron chi connectivity index (χ2n) is 1.37. The Morgan fingerprint density at radius 2 is 2.29 bits per heavy atom. The van der Waals surface area contributed by atoms with Crippen LogP contribution in [0.5, 0.6) is 0 Å². The molecule has 0 amide bonds. The zero-order chi connectivity index (χ0) is 5.70. The van der Waals surface area contributed by atoms with Crippen LogP contribution in [-0.2, 0) is 9.53 Å². The molecule has 0 spiro atoms. The van der Waals surface area contributed by atoms with Crippen molar-refractivity contribution in [2.75, 3.05) is 7.11 Å². The lowest BCUT2D eigenvalue weighted by Gasteiger charge is -1.95. The third-order valence-electron chi connectivity index (χ3n) is 0.565. The molecule has 0 aliphatic carbocycles. The molecule has 0 aliphatic rings. The van der Waals surface area contributed by atoms with Crippen molar-refractivity contribution in [3.63, 3.8) is 0 Å². The van der Waals surface area contributed by atoms with Gasteiger partial charge in [-0.1, -0.05) is 6.92 Å². The Labute approximate surface area is 43.5 Å². The molecular weight excluding hydrogens is 92.1 g/mol. The van der Waals surface area contributed by atoms with Gasteiger partial charge in [0, 0.05) is 13.0 Å². The highest BCUT2D eigenvalue weighted by Crippen LogP contribution is 1.92. The maximum atomic E-state index is 9.78. The number of hydrogen-bond acceptors (Lipinski definition) is 2. The lowest BCUT2D eigenvalue weighted by molar-refractivity contribution is -0.110. The first-order valence-electron chi connectivity index (χ1n) is 2.12. The SMILES string of the molecule is CO[CH]C(C)C=O. The van der Waals surface area contributed by atoms with Crippen LogP contribution in [0, 0.1) is 12.5 Å². The van der Waals surface area contributed by atoms with E-state index in [1.807, 2.05) is 0 Å². The van der Waals surface area contributed by atoms with Gasteiger partial charge < -0.3 is 9.53 Å². The summed E-state index contributed by atoms with van der Waals surface area (Å²) in [5.74, 6) is -0.0787. The Morgan fingerprint density at radius 3 is 2.43 bits per heavy atom. The Morgan fingerprint density at radius 1 is 1.71 bits per heavy atom. The summed E-state index contributed by atoms with van der Waals surface area (Å²) in [6.07, 6.45) is 0.823. The summed E-state index contributed by atoms with van der Waals surface area (Å²) >= 11 is 0. The molecule has 0 bridgehead atoms. The molecule has 0 aliphatic heterocycles. The average molecular weight is 101 g/mol. The van der Waals surface area contributed by atoms with E-state index in [9.17, 15) is 4.79 Å². The smallest absolute Gasteiger partial charge is 0.125 e. The van der Waals surface area contributed by atoms with Gasteiger partial charge in [-0.05, 0) is 0 Å². The Balaban J connectivity index is 2.98. The van der Waals surface area contributed by atoms with Gasteiger partial charge in [-0.25, -0.2) is 0 Å². The van der Waals surface area contributed by atoms with Crippen LogP contribution >= 0.6 is 0 Å². The molecule has 0 N–H and O–H groups in total. The van der Waals surface area contributed by atoms with Gasteiger partial charge in [-0.3, -0.25) is 0 Å². The molecule has 0 aromatic heterocycles. The van der Waals surface area contributed by atoms with Gasteiger partial charge in [0.05, 0.1) is 6.61 Å². The topological polar surface area (TPSA) is 26.3 Å². The molecule has 1 unspecified atom stereocenters. The maximum Gasteiger partial charge on any atom is 0.125 e. The lowest BCUT2D eigenvalue weighted by Crippen LogP contribution is -1.96. The van der Waals surface area contributed by atoms with Crippen molar-refractivity contribution in [2.45, 2.75) is 6.92 Å². The summed E-state index contributed by atoms with van der Waals surface area (Å²) in [4.78, 5) is 9.78. The molecular formula is C5H9O2. The van der Waals surface area contributed by atoms with E-state index >= 15 is 0 Å². The van der Waals surface area contributed by atoms with E-state index in [0.29, 0.717) is 0 Å². The van der Waals surface area contributed by atoms with Gasteiger partial charge in [-0.15, -0.1) is 0 Å². The molecule has 1 atom stereocenters. The minimum atomic E-state index is -0.0787. The number of ether oxygens (including phenoxy) is 1. The van der Waals surface area contributed by atoms with E-state index < -0.39 is 0 Å².